The zero-order chi connectivity index (χ0) is 47.5. The minimum Gasteiger partial charge on any atom is -0.480 e. The summed E-state index contributed by atoms with van der Waals surface area (Å²) in [6, 6.07) is -3.28. The fourth-order valence-corrected chi connectivity index (χ4v) is 8.34. The highest BCUT2D eigenvalue weighted by Crippen LogP contribution is 2.34. The maximum absolute atomic E-state index is 13.6. The van der Waals surface area contributed by atoms with Crippen LogP contribution in [0.2, 0.25) is 0 Å². The fourth-order valence-electron chi connectivity index (χ4n) is 8.34. The van der Waals surface area contributed by atoms with E-state index >= 15 is 0 Å². The molecule has 23 heteroatoms. The highest BCUT2D eigenvalue weighted by Gasteiger charge is 2.54. The van der Waals surface area contributed by atoms with Gasteiger partial charge in [-0.05, 0) is 25.8 Å². The number of aromatic amines is 1. The van der Waals surface area contributed by atoms with Crippen LogP contribution in [-0.4, -0.2) is 158 Å². The van der Waals surface area contributed by atoms with E-state index in [1.54, 1.807) is 0 Å². The lowest BCUT2D eigenvalue weighted by molar-refractivity contribution is -0.228. The lowest BCUT2D eigenvalue weighted by Gasteiger charge is -2.33. The number of carbonyl (C=O) groups is 3. The molecule has 65 heavy (non-hydrogen) atoms. The topological polar surface area (TPSA) is 373 Å². The first-order chi connectivity index (χ1) is 31.2. The van der Waals surface area contributed by atoms with E-state index in [2.05, 4.69) is 33.2 Å². The molecule has 0 aliphatic carbocycles. The number of nitrogens with one attached hydrogen (secondary N) is 5. The summed E-state index contributed by atoms with van der Waals surface area (Å²) < 4.78 is 18.1. The van der Waals surface area contributed by atoms with Crippen molar-refractivity contribution >= 4 is 23.7 Å². The number of aromatic nitrogens is 2. The van der Waals surface area contributed by atoms with Gasteiger partial charge < -0.3 is 78.2 Å². The average Bonchev–Trinajstić information content (AvgIpc) is 3.72. The second-order valence-corrected chi connectivity index (χ2v) is 17.2. The van der Waals surface area contributed by atoms with Crippen molar-refractivity contribution in [3.05, 3.63) is 33.1 Å². The van der Waals surface area contributed by atoms with Crippen molar-refractivity contribution in [2.45, 2.75) is 189 Å². The Morgan fingerprint density at radius 2 is 1.54 bits per heavy atom. The predicted molar refractivity (Wildman–Crippen MR) is 237 cm³/mol. The summed E-state index contributed by atoms with van der Waals surface area (Å²) >= 11 is 0. The molecule has 2 amide bonds. The number of nitrogens with zero attached hydrogens (tertiary/aromatic N) is 2. The van der Waals surface area contributed by atoms with Crippen molar-refractivity contribution in [2.75, 3.05) is 26.2 Å². The highest BCUT2D eigenvalue weighted by atomic mass is 16.7. The molecule has 370 valence electrons. The summed E-state index contributed by atoms with van der Waals surface area (Å²) in [5, 5.41) is 65.0. The number of aliphatic carboxylic acids is 1. The molecule has 1 aromatic rings. The highest BCUT2D eigenvalue weighted by molar-refractivity contribution is 5.90. The van der Waals surface area contributed by atoms with Crippen LogP contribution >= 0.6 is 0 Å². The number of hydrogen-bond acceptors (Lipinski definition) is 18. The van der Waals surface area contributed by atoms with E-state index in [-0.39, 0.29) is 32.0 Å². The van der Waals surface area contributed by atoms with Crippen LogP contribution in [0.3, 0.4) is 0 Å². The van der Waals surface area contributed by atoms with Gasteiger partial charge in [0.15, 0.2) is 18.5 Å². The molecule has 3 aliphatic rings. The average molecular weight is 927 g/mol. The summed E-state index contributed by atoms with van der Waals surface area (Å²) in [5.41, 5.74) is 16.0. The van der Waals surface area contributed by atoms with E-state index < -0.39 is 108 Å². The van der Waals surface area contributed by atoms with Gasteiger partial charge in [0.25, 0.3) is 5.56 Å². The number of carbonyl (C=O) groups excluding carboxylic acids is 2. The van der Waals surface area contributed by atoms with Crippen molar-refractivity contribution in [2.24, 2.45) is 22.2 Å². The molecular weight excluding hydrogens is 853 g/mol. The molecule has 3 aliphatic heterocycles. The van der Waals surface area contributed by atoms with Crippen molar-refractivity contribution in [1.29, 1.82) is 0 Å². The van der Waals surface area contributed by atoms with Gasteiger partial charge in [-0.25, -0.2) is 9.79 Å². The molecule has 1 aromatic heterocycles. The fraction of sp³-hybridized carbons (Fsp3) is 0.810. The Bertz CT molecular complexity index is 1770. The Labute approximate surface area is 378 Å². The largest absolute Gasteiger partial charge is 0.480 e. The van der Waals surface area contributed by atoms with Crippen molar-refractivity contribution in [1.82, 2.24) is 30.8 Å². The monoisotopic (exact) mass is 927 g/mol. The number of hydrogen-bond donors (Lipinski definition) is 13. The maximum atomic E-state index is 13.6. The summed E-state index contributed by atoms with van der Waals surface area (Å²) in [6.07, 6.45) is 2.18. The van der Waals surface area contributed by atoms with Crippen LogP contribution in [-0.2, 0) is 28.6 Å². The molecule has 0 radical (unpaired) electrons. The van der Waals surface area contributed by atoms with Gasteiger partial charge in [-0.3, -0.25) is 28.7 Å². The smallest absolute Gasteiger partial charge is 0.330 e. The lowest BCUT2D eigenvalue weighted by Crippen LogP contribution is -2.57. The van der Waals surface area contributed by atoms with Gasteiger partial charge in [-0.2, -0.15) is 0 Å². The molecule has 0 bridgehead atoms. The number of H-pyrrole nitrogens is 1. The second-order valence-electron chi connectivity index (χ2n) is 17.2. The van der Waals surface area contributed by atoms with Gasteiger partial charge in [0.2, 0.25) is 11.8 Å². The minimum absolute atomic E-state index is 0.0309. The third-order valence-corrected chi connectivity index (χ3v) is 12.2. The van der Waals surface area contributed by atoms with E-state index in [1.165, 1.54) is 51.4 Å². The van der Waals surface area contributed by atoms with Crippen LogP contribution in [0.1, 0.15) is 116 Å². The number of aliphatic imine (C=N–C) groups is 1. The Kier molecular flexibility index (Phi) is 22.7. The van der Waals surface area contributed by atoms with Crippen LogP contribution in [0.5, 0.6) is 0 Å². The van der Waals surface area contributed by atoms with E-state index in [0.29, 0.717) is 25.8 Å². The van der Waals surface area contributed by atoms with Crippen LogP contribution in [0.25, 0.3) is 0 Å². The standard InChI is InChI=1S/C42H74N10O13/c1-2-3-4-5-6-7-8-9-10-11-12-13-14-16-25(49-37(59)28(44)24-17-21-48-41(45)50-24)36(58)47-20-15-19-46-29(39(60)61)34(65-40-33(57)30(54)26(23-43)63-40)35-31(55)32(56)38(64-35)52-22-18-27(53)51-42(52)62/h18,22,24-26,28-35,38,40,46,54-57H,2-17,19-21,23,43-44H2,1H3,(H,47,58)(H,49,59)(H,60,61)(H3,45,48,50)(H,51,53,62)/t24-,25+,26+,28-,29-,30+,31-,32+,33+,34-,35-,38+,40-/m0/s1. The number of unbranched alkanes of at least 4 members (excludes halogenated alkanes) is 12. The molecule has 16 N–H and O–H groups in total. The van der Waals surface area contributed by atoms with Crippen molar-refractivity contribution in [3.63, 3.8) is 0 Å². The number of carboxylic acid groups (broad SMARTS) is 1. The first kappa shape index (κ1) is 53.6. The normalized spacial score (nSPS) is 27.3. The van der Waals surface area contributed by atoms with E-state index in [4.69, 9.17) is 31.4 Å². The van der Waals surface area contributed by atoms with Crippen molar-refractivity contribution < 1.29 is 54.1 Å². The SMILES string of the molecule is CCCCCCCCCCCCCCC[C@@H](NC(=O)[C@@H](N)[C@@H]1CCNC(N)=N1)C(=O)NCCCN[C@H](C(=O)O)[C@H](O[C@@H]1O[C@H](CN)[C@@H](O)[C@H]1O)[C@H]1O[C@@H](n2ccc(=O)[nH]c2=O)[C@H](O)[C@@H]1O. The van der Waals surface area contributed by atoms with Crippen LogP contribution < -0.4 is 49.7 Å². The molecule has 2 fully saturated rings. The van der Waals surface area contributed by atoms with Crippen LogP contribution in [0, 0.1) is 0 Å². The lowest BCUT2D eigenvalue weighted by atomic mass is 9.98. The van der Waals surface area contributed by atoms with Crippen LogP contribution in [0.4, 0.5) is 0 Å². The molecule has 4 heterocycles. The van der Waals surface area contributed by atoms with Gasteiger partial charge in [-0.15, -0.1) is 0 Å². The number of aliphatic hydroxyl groups excluding tert-OH is 4. The van der Waals surface area contributed by atoms with E-state index in [0.717, 1.165) is 42.5 Å². The Hall–Kier alpha value is -4.04. The zero-order valence-electron chi connectivity index (χ0n) is 37.4. The van der Waals surface area contributed by atoms with Gasteiger partial charge in [0.05, 0.1) is 6.04 Å². The Balaban J connectivity index is 1.36. The Morgan fingerprint density at radius 3 is 2.12 bits per heavy atom. The predicted octanol–water partition coefficient (Wildman–Crippen LogP) is -2.53. The Morgan fingerprint density at radius 1 is 0.892 bits per heavy atom. The number of ether oxygens (including phenoxy) is 3. The second kappa shape index (κ2) is 27.6. The molecule has 23 nitrogen and oxygen atoms in total. The number of carboxylic acids is 1. The van der Waals surface area contributed by atoms with Crippen molar-refractivity contribution in [3.8, 4) is 0 Å². The number of guanidine groups is 1. The molecule has 0 unspecified atom stereocenters. The number of aliphatic hydroxyl groups is 4. The molecule has 2 saturated heterocycles. The van der Waals surface area contributed by atoms with Gasteiger partial charge in [-0.1, -0.05) is 90.4 Å². The zero-order valence-corrected chi connectivity index (χ0v) is 37.4. The third-order valence-electron chi connectivity index (χ3n) is 12.2. The molecule has 0 aromatic carbocycles. The molecule has 0 saturated carbocycles. The van der Waals surface area contributed by atoms with Gasteiger partial charge in [0, 0.05) is 31.9 Å². The van der Waals surface area contributed by atoms with Gasteiger partial charge >= 0.3 is 11.7 Å². The van der Waals surface area contributed by atoms with Gasteiger partial charge in [0.1, 0.15) is 60.9 Å². The quantitative estimate of drug-likeness (QED) is 0.0354. The molecule has 0 spiro atoms. The third kappa shape index (κ3) is 16.1. The molecular formula is C42H74N10O13. The summed E-state index contributed by atoms with van der Waals surface area (Å²) in [6.45, 7) is 2.43. The summed E-state index contributed by atoms with van der Waals surface area (Å²) in [7, 11) is 0. The molecule has 4 rings (SSSR count). The van der Waals surface area contributed by atoms with Crippen LogP contribution in [0.15, 0.2) is 26.8 Å². The first-order valence-electron chi connectivity index (χ1n) is 23.3. The first-order valence-corrected chi connectivity index (χ1v) is 23.3. The summed E-state index contributed by atoms with van der Waals surface area (Å²) in [5.74, 6) is -2.35. The maximum Gasteiger partial charge on any atom is 0.330 e. The number of rotatable bonds is 30. The number of nitrogens with two attached hydrogens (primary N) is 3. The van der Waals surface area contributed by atoms with E-state index in [1.807, 2.05) is 4.98 Å². The number of amides is 2. The summed E-state index contributed by atoms with van der Waals surface area (Å²) in [4.78, 5) is 70.2. The minimum atomic E-state index is -1.88. The molecule has 13 atom stereocenters. The van der Waals surface area contributed by atoms with E-state index in [9.17, 15) is 49.5 Å².